The average molecular weight is 692 g/mol. The molecule has 1 N–H and O–H groups in total. The fourth-order valence-corrected chi connectivity index (χ4v) is 7.17. The number of para-hydroxylation sites is 1. The van der Waals surface area contributed by atoms with E-state index in [1.165, 1.54) is 6.07 Å². The fraction of sp³-hybridized carbons (Fsp3) is 0.590. The largest absolute Gasteiger partial charge is 0.494 e. The zero-order valence-corrected chi connectivity index (χ0v) is 31.4. The van der Waals surface area contributed by atoms with Crippen molar-refractivity contribution in [3.8, 4) is 0 Å². The maximum atomic E-state index is 15.2. The molecule has 2 saturated heterocycles. The number of hydrogen-bond acceptors (Lipinski definition) is 6. The van der Waals surface area contributed by atoms with Crippen molar-refractivity contribution >= 4 is 35.5 Å². The first kappa shape index (κ1) is 37.8. The second-order valence-corrected chi connectivity index (χ2v) is 15.9. The van der Waals surface area contributed by atoms with Gasteiger partial charge in [-0.1, -0.05) is 36.4 Å². The molecule has 5 rings (SSSR count). The Morgan fingerprint density at radius 3 is 2.40 bits per heavy atom. The van der Waals surface area contributed by atoms with Crippen LogP contribution in [0.15, 0.2) is 42.5 Å². The summed E-state index contributed by atoms with van der Waals surface area (Å²) in [5.41, 5.74) is 3.08. The fourth-order valence-electron chi connectivity index (χ4n) is 7.17. The molecular weight excluding hydrogens is 636 g/mol. The third kappa shape index (κ3) is 8.54. The summed E-state index contributed by atoms with van der Waals surface area (Å²) >= 11 is 0. The summed E-state index contributed by atoms with van der Waals surface area (Å²) < 4.78 is 40.7. The van der Waals surface area contributed by atoms with Gasteiger partial charge in [0.2, 0.25) is 5.91 Å². The molecule has 2 aromatic carbocycles. The second kappa shape index (κ2) is 15.1. The Hall–Kier alpha value is -3.41. The molecule has 1 unspecified atom stereocenters. The van der Waals surface area contributed by atoms with Crippen molar-refractivity contribution in [1.29, 1.82) is 0 Å². The van der Waals surface area contributed by atoms with E-state index in [1.807, 2.05) is 83.7 Å². The van der Waals surface area contributed by atoms with E-state index < -0.39 is 36.1 Å². The number of piperidine rings is 1. The van der Waals surface area contributed by atoms with Crippen molar-refractivity contribution in [1.82, 2.24) is 14.8 Å². The second-order valence-electron chi connectivity index (χ2n) is 15.9. The Balaban J connectivity index is 1.33. The van der Waals surface area contributed by atoms with Crippen molar-refractivity contribution in [2.24, 2.45) is 0 Å². The van der Waals surface area contributed by atoms with Crippen LogP contribution in [0.1, 0.15) is 96.9 Å². The van der Waals surface area contributed by atoms with Gasteiger partial charge in [-0.05, 0) is 104 Å². The van der Waals surface area contributed by atoms with Crippen molar-refractivity contribution in [2.45, 2.75) is 123 Å². The normalized spacial score (nSPS) is 19.5. The number of aromatic nitrogens is 1. The van der Waals surface area contributed by atoms with E-state index in [-0.39, 0.29) is 24.1 Å². The lowest BCUT2D eigenvalue weighted by Gasteiger charge is -2.35. The van der Waals surface area contributed by atoms with Crippen LogP contribution < -0.4 is 10.8 Å². The number of likely N-dealkylation sites (tertiary alicyclic amines) is 1. The maximum Gasteiger partial charge on any atom is 0.494 e. The number of nitrogens with zero attached hydrogens (tertiary/aromatic N) is 2. The van der Waals surface area contributed by atoms with Crippen LogP contribution in [0, 0.1) is 12.7 Å². The van der Waals surface area contributed by atoms with Crippen LogP contribution in [0.5, 0.6) is 0 Å². The van der Waals surface area contributed by atoms with E-state index in [9.17, 15) is 9.59 Å². The summed E-state index contributed by atoms with van der Waals surface area (Å²) in [4.78, 5) is 28.9. The molecule has 272 valence electrons. The maximum absolute atomic E-state index is 15.2. The summed E-state index contributed by atoms with van der Waals surface area (Å²) in [5, 5.41) is 3.89. The Morgan fingerprint density at radius 1 is 1.08 bits per heavy atom. The molecule has 11 heteroatoms. The van der Waals surface area contributed by atoms with Gasteiger partial charge in [-0.3, -0.25) is 4.79 Å². The molecule has 3 aromatic rings. The first-order chi connectivity index (χ1) is 23.5. The highest BCUT2D eigenvalue weighted by Gasteiger charge is 2.51. The lowest BCUT2D eigenvalue weighted by molar-refractivity contribution is -0.132. The van der Waals surface area contributed by atoms with E-state index in [0.717, 1.165) is 46.9 Å². The molecule has 0 spiro atoms. The Morgan fingerprint density at radius 2 is 1.76 bits per heavy atom. The lowest BCUT2D eigenvalue weighted by atomic mass is 9.78. The number of methoxy groups -OCH3 is 1. The van der Waals surface area contributed by atoms with Gasteiger partial charge >= 0.3 is 13.2 Å². The molecule has 0 bridgehead atoms. The van der Waals surface area contributed by atoms with Crippen LogP contribution in [0.3, 0.4) is 0 Å². The van der Waals surface area contributed by atoms with Gasteiger partial charge in [0.1, 0.15) is 11.4 Å². The minimum atomic E-state index is -0.678. The Labute approximate surface area is 297 Å². The molecule has 3 heterocycles. The summed E-state index contributed by atoms with van der Waals surface area (Å²) in [6, 6.07) is 12.7. The smallest absolute Gasteiger partial charge is 0.444 e. The summed E-state index contributed by atoms with van der Waals surface area (Å²) in [6.07, 6.45) is 2.50. The van der Waals surface area contributed by atoms with Crippen molar-refractivity contribution < 1.29 is 32.8 Å². The molecule has 1 aromatic heterocycles. The van der Waals surface area contributed by atoms with Crippen LogP contribution in [-0.2, 0) is 36.5 Å². The molecular formula is C39H55BFN3O6. The third-order valence-corrected chi connectivity index (χ3v) is 10.4. The summed E-state index contributed by atoms with van der Waals surface area (Å²) in [6.45, 7) is 18.0. The molecule has 0 saturated carbocycles. The number of hydrogen-bond donors (Lipinski definition) is 1. The molecule has 50 heavy (non-hydrogen) atoms. The van der Waals surface area contributed by atoms with Crippen molar-refractivity contribution in [3.05, 3.63) is 65.1 Å². The number of rotatable bonds is 11. The van der Waals surface area contributed by atoms with Gasteiger partial charge in [-0.15, -0.1) is 0 Å². The average Bonchev–Trinajstić information content (AvgIpc) is 3.44. The zero-order chi connectivity index (χ0) is 36.4. The molecule has 2 aliphatic rings. The number of benzene rings is 2. The monoisotopic (exact) mass is 691 g/mol. The van der Waals surface area contributed by atoms with E-state index >= 15 is 4.39 Å². The van der Waals surface area contributed by atoms with E-state index in [4.69, 9.17) is 18.8 Å². The van der Waals surface area contributed by atoms with Crippen molar-refractivity contribution in [3.63, 3.8) is 0 Å². The van der Waals surface area contributed by atoms with E-state index in [1.54, 1.807) is 13.2 Å². The number of ether oxygens (including phenoxy) is 2. The van der Waals surface area contributed by atoms with Gasteiger partial charge in [0.25, 0.3) is 0 Å². The van der Waals surface area contributed by atoms with Crippen LogP contribution in [0.25, 0.3) is 10.9 Å². The first-order valence-corrected chi connectivity index (χ1v) is 18.0. The molecule has 2 aliphatic heterocycles. The van der Waals surface area contributed by atoms with Gasteiger partial charge in [-0.2, -0.15) is 0 Å². The van der Waals surface area contributed by atoms with Gasteiger partial charge in [0.05, 0.1) is 16.7 Å². The Bertz CT molecular complexity index is 1650. The number of nitrogens with one attached hydrogen (secondary N) is 1. The predicted molar refractivity (Wildman–Crippen MR) is 195 cm³/mol. The highest BCUT2D eigenvalue weighted by atomic mass is 19.1. The number of aryl methyl sites for hydroxylation is 2. The van der Waals surface area contributed by atoms with Gasteiger partial charge < -0.3 is 33.6 Å². The number of halogens is 1. The topological polar surface area (TPSA) is 91.3 Å². The van der Waals surface area contributed by atoms with Gasteiger partial charge in [0, 0.05) is 62.8 Å². The number of alkyl carbamates (subject to hydrolysis) is 1. The lowest BCUT2D eigenvalue weighted by Crippen LogP contribution is -2.46. The van der Waals surface area contributed by atoms with Crippen molar-refractivity contribution in [2.75, 3.05) is 26.8 Å². The number of carbonyl (C=O) groups is 2. The first-order valence-electron chi connectivity index (χ1n) is 18.0. The van der Waals surface area contributed by atoms with Crippen LogP contribution >= 0.6 is 0 Å². The molecule has 9 nitrogen and oxygen atoms in total. The van der Waals surface area contributed by atoms with Crippen LogP contribution in [-0.4, -0.2) is 78.2 Å². The highest BCUT2D eigenvalue weighted by molar-refractivity contribution is 6.62. The number of carbonyl (C=O) groups excluding carboxylic acids is 2. The highest BCUT2D eigenvalue weighted by Crippen LogP contribution is 2.38. The zero-order valence-electron chi connectivity index (χ0n) is 31.4. The number of fused-ring (bicyclic) bond motifs is 1. The quantitative estimate of drug-likeness (QED) is 0.179. The molecule has 0 aliphatic carbocycles. The third-order valence-electron chi connectivity index (χ3n) is 10.4. The molecule has 2 fully saturated rings. The Kier molecular flexibility index (Phi) is 11.4. The number of amides is 2. The minimum absolute atomic E-state index is 0.0320. The summed E-state index contributed by atoms with van der Waals surface area (Å²) in [7, 11) is 1.20. The van der Waals surface area contributed by atoms with Gasteiger partial charge in [0.15, 0.2) is 0 Å². The SMILES string of the molecule is COCCCn1c(C2CCCN(C(=O)C[C@@H](Cc3ccc(B4OC(C)(C)C(C)(C)O4)cc3)NC(=O)OC(C)(C)C)C2)c(C)c2cccc(F)c21. The van der Waals surface area contributed by atoms with E-state index in [0.29, 0.717) is 38.2 Å². The molecule has 2 amide bonds. The standard InChI is InChI=1S/C39H55BFN3O6/c1-26-31-14-10-15-32(41)35(31)44(21-12-22-47-9)34(26)28-13-11-20-43(25-28)33(45)24-30(42-36(46)48-37(2,3)4)23-27-16-18-29(19-17-27)40-49-38(5,6)39(7,8)50-40/h10,14-19,28,30H,11-13,20-25H2,1-9H3,(H,42,46)/t28?,30-/m1/s1. The minimum Gasteiger partial charge on any atom is -0.444 e. The van der Waals surface area contributed by atoms with Gasteiger partial charge in [-0.25, -0.2) is 9.18 Å². The van der Waals surface area contributed by atoms with Crippen LogP contribution in [0.4, 0.5) is 9.18 Å². The predicted octanol–water partition coefficient (Wildman–Crippen LogP) is 6.66. The van der Waals surface area contributed by atoms with E-state index in [2.05, 4.69) is 16.8 Å². The molecule has 2 atom stereocenters. The van der Waals surface area contributed by atoms with Crippen LogP contribution in [0.2, 0.25) is 0 Å². The summed E-state index contributed by atoms with van der Waals surface area (Å²) in [5.74, 6) is -0.213. The molecule has 0 radical (unpaired) electrons.